The Morgan fingerprint density at radius 2 is 1.95 bits per heavy atom. The largest absolute Gasteiger partial charge is 0.480 e. The predicted octanol–water partition coefficient (Wildman–Crippen LogP) is 3.15. The number of aryl methyl sites for hydroxylation is 2. The molecule has 5 rings (SSSR count). The Bertz CT molecular complexity index is 1080. The van der Waals surface area contributed by atoms with E-state index >= 15 is 0 Å². The maximum absolute atomic E-state index is 13.2. The molecule has 8 nitrogen and oxygen atoms in total. The van der Waals surface area contributed by atoms with E-state index in [1.165, 1.54) is 12.0 Å². The average molecular weight is 507 g/mol. The number of carbonyl (C=O) groups is 2. The number of pyridine rings is 1. The third-order valence-corrected chi connectivity index (χ3v) is 7.91. The van der Waals surface area contributed by atoms with E-state index in [9.17, 15) is 14.7 Å². The maximum atomic E-state index is 13.2. The first-order valence-electron chi connectivity index (χ1n) is 13.7. The molecule has 1 aromatic carbocycles. The van der Waals surface area contributed by atoms with Gasteiger partial charge in [-0.2, -0.15) is 0 Å². The predicted molar refractivity (Wildman–Crippen MR) is 142 cm³/mol. The molecule has 3 N–H and O–H groups in total. The van der Waals surface area contributed by atoms with E-state index in [0.717, 1.165) is 68.7 Å². The second-order valence-electron chi connectivity index (χ2n) is 10.7. The molecule has 0 radical (unpaired) electrons. The van der Waals surface area contributed by atoms with E-state index in [-0.39, 0.29) is 19.1 Å². The quantitative estimate of drug-likeness (QED) is 0.359. The van der Waals surface area contributed by atoms with Gasteiger partial charge in [0.2, 0.25) is 5.91 Å². The van der Waals surface area contributed by atoms with Crippen molar-refractivity contribution in [3.05, 3.63) is 59.3 Å². The number of hydrogen-bond donors (Lipinski definition) is 3. The molecule has 1 aromatic heterocycles. The van der Waals surface area contributed by atoms with Gasteiger partial charge in [0.05, 0.1) is 13.2 Å². The number of nitrogens with one attached hydrogen (secondary N) is 2. The Balaban J connectivity index is 1.11. The summed E-state index contributed by atoms with van der Waals surface area (Å²) in [6.07, 6.45) is 8.03. The molecule has 1 amide bonds. The average Bonchev–Trinajstić information content (AvgIpc) is 3.73. The van der Waals surface area contributed by atoms with Crippen LogP contribution in [0.2, 0.25) is 0 Å². The van der Waals surface area contributed by atoms with E-state index in [1.807, 2.05) is 30.3 Å². The number of anilines is 1. The third kappa shape index (κ3) is 6.13. The van der Waals surface area contributed by atoms with Gasteiger partial charge in [-0.1, -0.05) is 36.4 Å². The summed E-state index contributed by atoms with van der Waals surface area (Å²) in [4.78, 5) is 32.5. The number of aliphatic carboxylic acids is 1. The molecule has 0 spiro atoms. The first kappa shape index (κ1) is 25.7. The van der Waals surface area contributed by atoms with Gasteiger partial charge in [0, 0.05) is 24.8 Å². The smallest absolute Gasteiger partial charge is 0.326 e. The normalized spacial score (nSPS) is 18.8. The van der Waals surface area contributed by atoms with Crippen molar-refractivity contribution in [3.8, 4) is 0 Å². The fourth-order valence-electron chi connectivity index (χ4n) is 5.39. The number of carboxylic acid groups (broad SMARTS) is 1. The highest BCUT2D eigenvalue weighted by Gasteiger charge is 2.48. The Hall–Kier alpha value is -2.97. The molecule has 3 aliphatic rings. The maximum Gasteiger partial charge on any atom is 0.326 e. The lowest BCUT2D eigenvalue weighted by Gasteiger charge is -2.41. The molecule has 8 heteroatoms. The SMILES string of the molecule is O=C(O)[C@H](CCN(CCCCc1ccc2c(n1)NCCC2)C1CC1)NC(=O)C1(c2ccccc2)COC1. The van der Waals surface area contributed by atoms with Crippen LogP contribution in [-0.2, 0) is 32.6 Å². The number of benzene rings is 1. The van der Waals surface area contributed by atoms with Gasteiger partial charge in [-0.15, -0.1) is 0 Å². The fourth-order valence-corrected chi connectivity index (χ4v) is 5.39. The lowest BCUT2D eigenvalue weighted by atomic mass is 9.77. The zero-order valence-corrected chi connectivity index (χ0v) is 21.5. The number of ether oxygens (including phenoxy) is 1. The summed E-state index contributed by atoms with van der Waals surface area (Å²) in [5.74, 6) is -0.199. The molecule has 2 aliphatic heterocycles. The van der Waals surface area contributed by atoms with E-state index in [0.29, 0.717) is 19.0 Å². The van der Waals surface area contributed by atoms with Gasteiger partial charge >= 0.3 is 5.97 Å². The summed E-state index contributed by atoms with van der Waals surface area (Å²) < 4.78 is 5.38. The number of amides is 1. The zero-order chi connectivity index (χ0) is 25.7. The van der Waals surface area contributed by atoms with Gasteiger partial charge in [0.15, 0.2) is 0 Å². The third-order valence-electron chi connectivity index (χ3n) is 7.91. The highest BCUT2D eigenvalue weighted by Crippen LogP contribution is 2.33. The van der Waals surface area contributed by atoms with Crippen LogP contribution in [0.4, 0.5) is 5.82 Å². The Morgan fingerprint density at radius 3 is 2.65 bits per heavy atom. The van der Waals surface area contributed by atoms with Crippen LogP contribution < -0.4 is 10.6 Å². The van der Waals surface area contributed by atoms with Crippen molar-refractivity contribution in [1.82, 2.24) is 15.2 Å². The molecule has 198 valence electrons. The number of fused-ring (bicyclic) bond motifs is 1. The summed E-state index contributed by atoms with van der Waals surface area (Å²) in [6, 6.07) is 13.5. The van der Waals surface area contributed by atoms with Crippen LogP contribution >= 0.6 is 0 Å². The molecule has 1 atom stereocenters. The standard InChI is InChI=1S/C29H38N4O4/c34-27(35)25(32-28(36)29(19-37-20-29)22-8-2-1-3-9-22)15-18-33(24-13-14-24)17-5-4-10-23-12-11-21-7-6-16-30-26(21)31-23/h1-3,8-9,11-12,24-25H,4-7,10,13-20H2,(H,30,31)(H,32,36)(H,34,35)/t25-/m0/s1. The summed E-state index contributed by atoms with van der Waals surface area (Å²) >= 11 is 0. The second kappa shape index (κ2) is 11.6. The van der Waals surface area contributed by atoms with Crippen molar-refractivity contribution in [2.75, 3.05) is 38.2 Å². The molecule has 3 heterocycles. The van der Waals surface area contributed by atoms with Crippen LogP contribution in [0.25, 0.3) is 0 Å². The first-order valence-corrected chi connectivity index (χ1v) is 13.7. The lowest BCUT2D eigenvalue weighted by Crippen LogP contribution is -2.60. The van der Waals surface area contributed by atoms with E-state index in [1.54, 1.807) is 0 Å². The van der Waals surface area contributed by atoms with Crippen LogP contribution in [0.5, 0.6) is 0 Å². The number of aromatic nitrogens is 1. The highest BCUT2D eigenvalue weighted by atomic mass is 16.5. The molecule has 1 aliphatic carbocycles. The monoisotopic (exact) mass is 506 g/mol. The van der Waals surface area contributed by atoms with Gasteiger partial charge in [-0.3, -0.25) is 4.79 Å². The topological polar surface area (TPSA) is 104 Å². The summed E-state index contributed by atoms with van der Waals surface area (Å²) in [6.45, 7) is 3.16. The molecule has 1 saturated carbocycles. The second-order valence-corrected chi connectivity index (χ2v) is 10.7. The van der Waals surface area contributed by atoms with Crippen molar-refractivity contribution in [2.45, 2.75) is 68.9 Å². The number of unbranched alkanes of at least 4 members (excludes halogenated alkanes) is 1. The Labute approximate surface area is 218 Å². The Morgan fingerprint density at radius 1 is 1.14 bits per heavy atom. The van der Waals surface area contributed by atoms with Crippen LogP contribution in [-0.4, -0.2) is 71.8 Å². The van der Waals surface area contributed by atoms with Gasteiger partial charge in [-0.25, -0.2) is 9.78 Å². The van der Waals surface area contributed by atoms with Gasteiger partial charge < -0.3 is 25.4 Å². The van der Waals surface area contributed by atoms with Gasteiger partial charge in [0.25, 0.3) is 0 Å². The van der Waals surface area contributed by atoms with Crippen molar-refractivity contribution in [3.63, 3.8) is 0 Å². The number of carbonyl (C=O) groups excluding carboxylic acids is 1. The number of carboxylic acids is 1. The zero-order valence-electron chi connectivity index (χ0n) is 21.5. The minimum Gasteiger partial charge on any atom is -0.480 e. The van der Waals surface area contributed by atoms with E-state index in [4.69, 9.17) is 9.72 Å². The number of hydrogen-bond acceptors (Lipinski definition) is 6. The van der Waals surface area contributed by atoms with Crippen LogP contribution in [0, 0.1) is 0 Å². The van der Waals surface area contributed by atoms with Gasteiger partial charge in [0.1, 0.15) is 17.3 Å². The number of rotatable bonds is 13. The van der Waals surface area contributed by atoms with Crippen molar-refractivity contribution >= 4 is 17.7 Å². The molecule has 37 heavy (non-hydrogen) atoms. The lowest BCUT2D eigenvalue weighted by molar-refractivity contribution is -0.151. The van der Waals surface area contributed by atoms with Crippen molar-refractivity contribution < 1.29 is 19.4 Å². The van der Waals surface area contributed by atoms with E-state index < -0.39 is 17.4 Å². The molecule has 2 aromatic rings. The summed E-state index contributed by atoms with van der Waals surface area (Å²) in [5.41, 5.74) is 2.51. The van der Waals surface area contributed by atoms with Crippen LogP contribution in [0.3, 0.4) is 0 Å². The Kier molecular flexibility index (Phi) is 8.05. The molecular weight excluding hydrogens is 468 g/mol. The molecular formula is C29H38N4O4. The highest BCUT2D eigenvalue weighted by molar-refractivity contribution is 5.92. The summed E-state index contributed by atoms with van der Waals surface area (Å²) in [5, 5.41) is 16.1. The van der Waals surface area contributed by atoms with Crippen LogP contribution in [0.15, 0.2) is 42.5 Å². The first-order chi connectivity index (χ1) is 18.0. The van der Waals surface area contributed by atoms with Crippen LogP contribution in [0.1, 0.15) is 55.3 Å². The number of nitrogens with zero attached hydrogens (tertiary/aromatic N) is 2. The van der Waals surface area contributed by atoms with Crippen molar-refractivity contribution in [1.29, 1.82) is 0 Å². The van der Waals surface area contributed by atoms with E-state index in [2.05, 4.69) is 27.7 Å². The molecule has 0 bridgehead atoms. The minimum atomic E-state index is -0.986. The fraction of sp³-hybridized carbons (Fsp3) is 0.552. The van der Waals surface area contributed by atoms with Crippen molar-refractivity contribution in [2.24, 2.45) is 0 Å². The molecule has 2 fully saturated rings. The minimum absolute atomic E-state index is 0.262. The molecule has 0 unspecified atom stereocenters. The summed E-state index contributed by atoms with van der Waals surface area (Å²) in [7, 11) is 0. The van der Waals surface area contributed by atoms with Gasteiger partial charge in [-0.05, 0) is 75.1 Å². The molecule has 1 saturated heterocycles.